The van der Waals surface area contributed by atoms with Gasteiger partial charge in [-0.05, 0) is 89.9 Å². The molecule has 0 heterocycles. The molecule has 0 fully saturated rings. The van der Waals surface area contributed by atoms with Crippen LogP contribution in [0.1, 0.15) is 316 Å². The van der Waals surface area contributed by atoms with Crippen molar-refractivity contribution in [2.75, 3.05) is 13.2 Å². The van der Waals surface area contributed by atoms with Crippen LogP contribution in [0.2, 0.25) is 0 Å². The number of carbonyl (C=O) groups is 3. The molecule has 73 heavy (non-hydrogen) atoms. The van der Waals surface area contributed by atoms with E-state index in [4.69, 9.17) is 14.2 Å². The highest BCUT2D eigenvalue weighted by Crippen LogP contribution is 2.17. The largest absolute Gasteiger partial charge is 0.462 e. The second-order valence-corrected chi connectivity index (χ2v) is 20.9. The van der Waals surface area contributed by atoms with Crippen LogP contribution >= 0.6 is 0 Å². The van der Waals surface area contributed by atoms with Crippen molar-refractivity contribution in [1.82, 2.24) is 0 Å². The molecule has 6 nitrogen and oxygen atoms in total. The third kappa shape index (κ3) is 59.6. The zero-order valence-electron chi connectivity index (χ0n) is 48.4. The minimum Gasteiger partial charge on any atom is -0.462 e. The average molecular weight is 1020 g/mol. The molecule has 422 valence electrons. The summed E-state index contributed by atoms with van der Waals surface area (Å²) in [5.74, 6) is -0.884. The van der Waals surface area contributed by atoms with Crippen LogP contribution in [0, 0.1) is 0 Å². The lowest BCUT2D eigenvalue weighted by Crippen LogP contribution is -2.30. The molecule has 0 aliphatic carbocycles. The van der Waals surface area contributed by atoms with Crippen molar-refractivity contribution in [3.8, 4) is 0 Å². The molecular weight excluding hydrogens is 901 g/mol. The Labute approximate surface area is 453 Å². The fourth-order valence-corrected chi connectivity index (χ4v) is 9.00. The first-order valence-electron chi connectivity index (χ1n) is 31.4. The lowest BCUT2D eigenvalue weighted by molar-refractivity contribution is -0.167. The molecule has 1 atom stereocenters. The number of esters is 3. The molecular formula is C67H118O6. The van der Waals surface area contributed by atoms with E-state index >= 15 is 0 Å². The maximum Gasteiger partial charge on any atom is 0.306 e. The Morgan fingerprint density at radius 1 is 0.288 bits per heavy atom. The van der Waals surface area contributed by atoms with Gasteiger partial charge in [-0.2, -0.15) is 0 Å². The molecule has 0 spiro atoms. The standard InChI is InChI=1S/C67H118O6/c1-4-7-10-13-15-17-19-21-23-25-26-27-28-29-30-31-32-33-34-35-36-37-38-39-40-42-43-45-47-49-51-54-57-60-66(69)72-63-64(62-71-65(68)59-56-53-12-9-6-3)73-67(70)61-58-55-52-50-48-46-44-41-24-22-20-18-16-14-11-8-5-2/h7,10,15-18,21-24,26-27,64H,4-6,8-9,11-14,19-20,25,28-63H2,1-3H3/b10-7-,17-15-,18-16-,23-21-,24-22-,27-26-. The molecule has 0 N–H and O–H groups in total. The molecule has 1 unspecified atom stereocenters. The van der Waals surface area contributed by atoms with Gasteiger partial charge in [-0.3, -0.25) is 14.4 Å². The van der Waals surface area contributed by atoms with Gasteiger partial charge in [-0.15, -0.1) is 0 Å². The van der Waals surface area contributed by atoms with Crippen molar-refractivity contribution in [3.05, 3.63) is 72.9 Å². The van der Waals surface area contributed by atoms with Gasteiger partial charge >= 0.3 is 17.9 Å². The number of rotatable bonds is 57. The summed E-state index contributed by atoms with van der Waals surface area (Å²) in [6.07, 6.45) is 79.7. The maximum absolute atomic E-state index is 12.8. The molecule has 0 radical (unpaired) electrons. The van der Waals surface area contributed by atoms with Crippen molar-refractivity contribution < 1.29 is 28.6 Å². The van der Waals surface area contributed by atoms with Crippen molar-refractivity contribution in [2.24, 2.45) is 0 Å². The normalized spacial score (nSPS) is 12.5. The highest BCUT2D eigenvalue weighted by molar-refractivity contribution is 5.71. The van der Waals surface area contributed by atoms with E-state index < -0.39 is 6.10 Å². The molecule has 0 aromatic heterocycles. The van der Waals surface area contributed by atoms with E-state index in [2.05, 4.69) is 93.7 Å². The molecule has 0 aromatic carbocycles. The Hall–Kier alpha value is -3.15. The number of unbranched alkanes of at least 4 members (excludes halogenated alkanes) is 34. The van der Waals surface area contributed by atoms with E-state index in [-0.39, 0.29) is 31.1 Å². The predicted octanol–water partition coefficient (Wildman–Crippen LogP) is 21.3. The fourth-order valence-electron chi connectivity index (χ4n) is 9.00. The van der Waals surface area contributed by atoms with Crippen LogP contribution in [0.3, 0.4) is 0 Å². The third-order valence-electron chi connectivity index (χ3n) is 13.7. The minimum atomic E-state index is -0.773. The summed E-state index contributed by atoms with van der Waals surface area (Å²) in [6.45, 7) is 6.44. The number of hydrogen-bond acceptors (Lipinski definition) is 6. The summed E-state index contributed by atoms with van der Waals surface area (Å²) in [7, 11) is 0. The van der Waals surface area contributed by atoms with Gasteiger partial charge in [0.15, 0.2) is 6.10 Å². The molecule has 0 bridgehead atoms. The van der Waals surface area contributed by atoms with Crippen LogP contribution in [0.15, 0.2) is 72.9 Å². The first-order valence-corrected chi connectivity index (χ1v) is 31.4. The Morgan fingerprint density at radius 2 is 0.534 bits per heavy atom. The highest BCUT2D eigenvalue weighted by Gasteiger charge is 2.19. The smallest absolute Gasteiger partial charge is 0.306 e. The number of carbonyl (C=O) groups excluding carboxylic acids is 3. The molecule has 6 heteroatoms. The van der Waals surface area contributed by atoms with Crippen LogP contribution < -0.4 is 0 Å². The quantitative estimate of drug-likeness (QED) is 0.0261. The molecule has 0 amide bonds. The maximum atomic E-state index is 12.8. The predicted molar refractivity (Wildman–Crippen MR) is 316 cm³/mol. The van der Waals surface area contributed by atoms with E-state index in [9.17, 15) is 14.4 Å². The van der Waals surface area contributed by atoms with Gasteiger partial charge in [0.05, 0.1) is 0 Å². The average Bonchev–Trinajstić information content (AvgIpc) is 3.39. The first-order chi connectivity index (χ1) is 36.0. The fraction of sp³-hybridized carbons (Fsp3) is 0.776. The van der Waals surface area contributed by atoms with E-state index in [1.165, 1.54) is 173 Å². The first kappa shape index (κ1) is 69.8. The van der Waals surface area contributed by atoms with Crippen molar-refractivity contribution in [3.63, 3.8) is 0 Å². The van der Waals surface area contributed by atoms with Gasteiger partial charge in [0.1, 0.15) is 13.2 Å². The Balaban J connectivity index is 3.93. The van der Waals surface area contributed by atoms with Crippen molar-refractivity contribution in [2.45, 2.75) is 322 Å². The summed E-state index contributed by atoms with van der Waals surface area (Å²) in [5, 5.41) is 0. The van der Waals surface area contributed by atoms with Crippen LogP contribution in [0.4, 0.5) is 0 Å². The van der Waals surface area contributed by atoms with E-state index in [1.54, 1.807) is 0 Å². The molecule has 0 saturated heterocycles. The number of hydrogen-bond donors (Lipinski definition) is 0. The van der Waals surface area contributed by atoms with E-state index in [0.29, 0.717) is 19.3 Å². The summed E-state index contributed by atoms with van der Waals surface area (Å²) in [5.41, 5.74) is 0. The molecule has 0 aliphatic heterocycles. The number of allylic oxidation sites excluding steroid dienone is 12. The monoisotopic (exact) mass is 1020 g/mol. The van der Waals surface area contributed by atoms with E-state index in [1.807, 2.05) is 0 Å². The molecule has 0 rings (SSSR count). The van der Waals surface area contributed by atoms with E-state index in [0.717, 1.165) is 103 Å². The number of ether oxygens (including phenoxy) is 3. The SMILES string of the molecule is CC/C=C\C/C=C\C/C=C\C/C=C\CCCCCCCCCCCCCCCCCCCCCCC(=O)OCC(COC(=O)CCCCCCC)OC(=O)CCCCCCCCC/C=C\C/C=C\CCCCC. The van der Waals surface area contributed by atoms with Gasteiger partial charge in [-0.25, -0.2) is 0 Å². The third-order valence-corrected chi connectivity index (χ3v) is 13.7. The van der Waals surface area contributed by atoms with Crippen LogP contribution in [-0.4, -0.2) is 37.2 Å². The zero-order valence-corrected chi connectivity index (χ0v) is 48.4. The Kier molecular flexibility index (Phi) is 58.7. The lowest BCUT2D eigenvalue weighted by atomic mass is 10.0. The second-order valence-electron chi connectivity index (χ2n) is 20.9. The summed E-state index contributed by atoms with van der Waals surface area (Å²) >= 11 is 0. The Bertz CT molecular complexity index is 1360. The summed E-state index contributed by atoms with van der Waals surface area (Å²) < 4.78 is 16.7. The molecule has 0 aromatic rings. The van der Waals surface area contributed by atoms with Gasteiger partial charge in [-0.1, -0.05) is 280 Å². The van der Waals surface area contributed by atoms with Crippen molar-refractivity contribution >= 4 is 17.9 Å². The van der Waals surface area contributed by atoms with Gasteiger partial charge in [0.2, 0.25) is 0 Å². The second kappa shape index (κ2) is 61.4. The van der Waals surface area contributed by atoms with Crippen LogP contribution in [-0.2, 0) is 28.6 Å². The van der Waals surface area contributed by atoms with Gasteiger partial charge in [0, 0.05) is 19.3 Å². The van der Waals surface area contributed by atoms with Gasteiger partial charge in [0.25, 0.3) is 0 Å². The molecule has 0 saturated carbocycles. The minimum absolute atomic E-state index is 0.0748. The lowest BCUT2D eigenvalue weighted by Gasteiger charge is -2.18. The van der Waals surface area contributed by atoms with Crippen molar-refractivity contribution in [1.29, 1.82) is 0 Å². The Morgan fingerprint density at radius 3 is 0.863 bits per heavy atom. The van der Waals surface area contributed by atoms with Crippen LogP contribution in [0.5, 0.6) is 0 Å². The zero-order chi connectivity index (χ0) is 52.9. The molecule has 0 aliphatic rings. The summed E-state index contributed by atoms with van der Waals surface area (Å²) in [6, 6.07) is 0. The van der Waals surface area contributed by atoms with Gasteiger partial charge < -0.3 is 14.2 Å². The summed E-state index contributed by atoms with van der Waals surface area (Å²) in [4.78, 5) is 37.8. The highest BCUT2D eigenvalue weighted by atomic mass is 16.6. The topological polar surface area (TPSA) is 78.9 Å². The van der Waals surface area contributed by atoms with Crippen LogP contribution in [0.25, 0.3) is 0 Å².